The van der Waals surface area contributed by atoms with Crippen molar-refractivity contribution < 1.29 is 19.7 Å². The number of alkyl carbamates (subject to hydrolysis) is 1. The number of ether oxygens (including phenoxy) is 1. The predicted molar refractivity (Wildman–Crippen MR) is 61.1 cm³/mol. The van der Waals surface area contributed by atoms with E-state index in [4.69, 9.17) is 14.9 Å². The maximum absolute atomic E-state index is 11.3. The molecule has 0 spiro atoms. The standard InChI is InChI=1S/C11H21NO4/c1-8(5-6-9(14)7-13)12-10(15)16-11(2,3)4/h5-6,8-9,13-14H,7H2,1-4H3,(H,12,15)/b6-5-/t8-,9-/m1/s1. The van der Waals surface area contributed by atoms with E-state index < -0.39 is 17.8 Å². The van der Waals surface area contributed by atoms with Crippen molar-refractivity contribution in [3.8, 4) is 0 Å². The van der Waals surface area contributed by atoms with Gasteiger partial charge in [0.15, 0.2) is 0 Å². The van der Waals surface area contributed by atoms with Crippen LogP contribution in [0.15, 0.2) is 12.2 Å². The molecule has 0 aromatic rings. The third kappa shape index (κ3) is 8.26. The molecule has 16 heavy (non-hydrogen) atoms. The minimum absolute atomic E-state index is 0.268. The number of nitrogens with one attached hydrogen (secondary N) is 1. The zero-order valence-electron chi connectivity index (χ0n) is 10.2. The topological polar surface area (TPSA) is 78.8 Å². The lowest BCUT2D eigenvalue weighted by atomic mass is 10.2. The molecule has 5 heteroatoms. The Kier molecular flexibility index (Phi) is 6.06. The lowest BCUT2D eigenvalue weighted by Crippen LogP contribution is -2.36. The average molecular weight is 231 g/mol. The third-order valence-electron chi connectivity index (χ3n) is 1.55. The second-order valence-corrected chi connectivity index (χ2v) is 4.57. The van der Waals surface area contributed by atoms with Crippen LogP contribution in [0.2, 0.25) is 0 Å². The number of hydrogen-bond donors (Lipinski definition) is 3. The first-order chi connectivity index (χ1) is 7.24. The molecular weight excluding hydrogens is 210 g/mol. The molecule has 5 nitrogen and oxygen atoms in total. The zero-order valence-corrected chi connectivity index (χ0v) is 10.2. The summed E-state index contributed by atoms with van der Waals surface area (Å²) in [5, 5.41) is 20.2. The average Bonchev–Trinajstić information content (AvgIpc) is 2.10. The Labute approximate surface area is 96.1 Å². The molecule has 0 aliphatic carbocycles. The Hall–Kier alpha value is -1.07. The fourth-order valence-corrected chi connectivity index (χ4v) is 0.897. The van der Waals surface area contributed by atoms with E-state index in [1.807, 2.05) is 0 Å². The van der Waals surface area contributed by atoms with Gasteiger partial charge in [0.2, 0.25) is 0 Å². The molecule has 0 saturated heterocycles. The minimum Gasteiger partial charge on any atom is -0.444 e. The quantitative estimate of drug-likeness (QED) is 0.626. The Balaban J connectivity index is 4.01. The lowest BCUT2D eigenvalue weighted by Gasteiger charge is -2.21. The molecule has 0 aliphatic rings. The van der Waals surface area contributed by atoms with E-state index in [1.165, 1.54) is 6.08 Å². The highest BCUT2D eigenvalue weighted by atomic mass is 16.6. The number of carbonyl (C=O) groups is 1. The van der Waals surface area contributed by atoms with Gasteiger partial charge < -0.3 is 20.3 Å². The smallest absolute Gasteiger partial charge is 0.408 e. The van der Waals surface area contributed by atoms with Gasteiger partial charge in [0.1, 0.15) is 5.60 Å². The first-order valence-electron chi connectivity index (χ1n) is 5.21. The van der Waals surface area contributed by atoms with Crippen LogP contribution >= 0.6 is 0 Å². The summed E-state index contributed by atoms with van der Waals surface area (Å²) >= 11 is 0. The molecule has 2 atom stereocenters. The monoisotopic (exact) mass is 231 g/mol. The van der Waals surface area contributed by atoms with Gasteiger partial charge in [0.05, 0.1) is 12.7 Å². The lowest BCUT2D eigenvalue weighted by molar-refractivity contribution is 0.0517. The second kappa shape index (κ2) is 6.50. The molecule has 1 amide bonds. The zero-order chi connectivity index (χ0) is 12.8. The van der Waals surface area contributed by atoms with Gasteiger partial charge in [-0.1, -0.05) is 12.2 Å². The summed E-state index contributed by atoms with van der Waals surface area (Å²) in [6.45, 7) is 6.74. The predicted octanol–water partition coefficient (Wildman–Crippen LogP) is 0.809. The Morgan fingerprint density at radius 1 is 1.44 bits per heavy atom. The van der Waals surface area contributed by atoms with E-state index in [1.54, 1.807) is 33.8 Å². The maximum Gasteiger partial charge on any atom is 0.408 e. The van der Waals surface area contributed by atoms with Crippen molar-refractivity contribution in [2.45, 2.75) is 45.4 Å². The molecule has 0 aromatic heterocycles. The van der Waals surface area contributed by atoms with Crippen LogP contribution in [0.4, 0.5) is 4.79 Å². The first-order valence-corrected chi connectivity index (χ1v) is 5.21. The molecule has 94 valence electrons. The van der Waals surface area contributed by atoms with E-state index in [2.05, 4.69) is 5.32 Å². The maximum atomic E-state index is 11.3. The molecule has 0 rings (SSSR count). The molecule has 0 saturated carbocycles. The summed E-state index contributed by atoms with van der Waals surface area (Å²) in [7, 11) is 0. The van der Waals surface area contributed by atoms with Gasteiger partial charge in [-0.05, 0) is 27.7 Å². The number of rotatable bonds is 4. The van der Waals surface area contributed by atoms with Crippen LogP contribution in [0.1, 0.15) is 27.7 Å². The van der Waals surface area contributed by atoms with Gasteiger partial charge in [-0.25, -0.2) is 4.79 Å². The number of amides is 1. The molecule has 0 fully saturated rings. The molecular formula is C11H21NO4. The highest BCUT2D eigenvalue weighted by molar-refractivity contribution is 5.68. The number of hydrogen-bond acceptors (Lipinski definition) is 4. The normalized spacial score (nSPS) is 15.9. The van der Waals surface area contributed by atoms with E-state index in [-0.39, 0.29) is 12.6 Å². The van der Waals surface area contributed by atoms with Crippen LogP contribution in [0.5, 0.6) is 0 Å². The van der Waals surface area contributed by atoms with Gasteiger partial charge in [-0.15, -0.1) is 0 Å². The van der Waals surface area contributed by atoms with E-state index in [0.717, 1.165) is 0 Å². The second-order valence-electron chi connectivity index (χ2n) is 4.57. The Morgan fingerprint density at radius 3 is 2.44 bits per heavy atom. The van der Waals surface area contributed by atoms with E-state index in [9.17, 15) is 4.79 Å². The Bertz CT molecular complexity index is 245. The van der Waals surface area contributed by atoms with Gasteiger partial charge in [-0.2, -0.15) is 0 Å². The fourth-order valence-electron chi connectivity index (χ4n) is 0.897. The molecule has 0 heterocycles. The molecule has 0 bridgehead atoms. The molecule has 3 N–H and O–H groups in total. The van der Waals surface area contributed by atoms with Gasteiger partial charge in [0, 0.05) is 6.04 Å². The number of aliphatic hydroxyl groups is 2. The summed E-state index contributed by atoms with van der Waals surface area (Å²) < 4.78 is 5.05. The van der Waals surface area contributed by atoms with Crippen molar-refractivity contribution in [1.29, 1.82) is 0 Å². The summed E-state index contributed by atoms with van der Waals surface area (Å²) in [6, 6.07) is -0.268. The molecule has 0 radical (unpaired) electrons. The first kappa shape index (κ1) is 14.9. The third-order valence-corrected chi connectivity index (χ3v) is 1.55. The van der Waals surface area contributed by atoms with Crippen molar-refractivity contribution in [2.75, 3.05) is 6.61 Å². The van der Waals surface area contributed by atoms with Crippen molar-refractivity contribution in [1.82, 2.24) is 5.32 Å². The van der Waals surface area contributed by atoms with Gasteiger partial charge in [0.25, 0.3) is 0 Å². The van der Waals surface area contributed by atoms with Crippen LogP contribution in [0.3, 0.4) is 0 Å². The van der Waals surface area contributed by atoms with Crippen molar-refractivity contribution >= 4 is 6.09 Å². The molecule has 0 aromatic carbocycles. The van der Waals surface area contributed by atoms with Crippen molar-refractivity contribution in [3.05, 3.63) is 12.2 Å². The molecule has 0 aliphatic heterocycles. The fraction of sp³-hybridized carbons (Fsp3) is 0.727. The van der Waals surface area contributed by atoms with Crippen LogP contribution in [-0.4, -0.2) is 40.7 Å². The van der Waals surface area contributed by atoms with E-state index in [0.29, 0.717) is 0 Å². The van der Waals surface area contributed by atoms with Gasteiger partial charge >= 0.3 is 6.09 Å². The molecule has 0 unspecified atom stereocenters. The van der Waals surface area contributed by atoms with Crippen molar-refractivity contribution in [2.24, 2.45) is 0 Å². The highest BCUT2D eigenvalue weighted by Gasteiger charge is 2.16. The summed E-state index contributed by atoms with van der Waals surface area (Å²) in [5.74, 6) is 0. The van der Waals surface area contributed by atoms with Crippen molar-refractivity contribution in [3.63, 3.8) is 0 Å². The van der Waals surface area contributed by atoms with Crippen LogP contribution < -0.4 is 5.32 Å². The SMILES string of the molecule is C[C@H](/C=C\[C@@H](O)CO)NC(=O)OC(C)(C)C. The van der Waals surface area contributed by atoms with E-state index >= 15 is 0 Å². The van der Waals surface area contributed by atoms with Crippen LogP contribution in [0, 0.1) is 0 Å². The number of aliphatic hydroxyl groups excluding tert-OH is 2. The largest absolute Gasteiger partial charge is 0.444 e. The Morgan fingerprint density at radius 2 is 2.00 bits per heavy atom. The highest BCUT2D eigenvalue weighted by Crippen LogP contribution is 2.06. The number of carbonyl (C=O) groups excluding carboxylic acids is 1. The van der Waals surface area contributed by atoms with Gasteiger partial charge in [-0.3, -0.25) is 0 Å². The minimum atomic E-state index is -0.900. The summed E-state index contributed by atoms with van der Waals surface area (Å²) in [4.78, 5) is 11.3. The van der Waals surface area contributed by atoms with Crippen LogP contribution in [0.25, 0.3) is 0 Å². The summed E-state index contributed by atoms with van der Waals surface area (Å²) in [5.41, 5.74) is -0.530. The van der Waals surface area contributed by atoms with Crippen LogP contribution in [-0.2, 0) is 4.74 Å². The summed E-state index contributed by atoms with van der Waals surface area (Å²) in [6.07, 6.45) is 1.60.